The molecule has 2 heterocycles. The molecule has 0 bridgehead atoms. The number of pyridine rings is 1. The first-order valence-corrected chi connectivity index (χ1v) is 9.81. The highest BCUT2D eigenvalue weighted by Gasteiger charge is 2.16. The van der Waals surface area contributed by atoms with Gasteiger partial charge in [0.15, 0.2) is 5.58 Å². The Morgan fingerprint density at radius 3 is 2.25 bits per heavy atom. The Morgan fingerprint density at radius 1 is 0.857 bits per heavy atom. The molecule has 0 saturated carbocycles. The third kappa shape index (κ3) is 3.35. The van der Waals surface area contributed by atoms with Crippen molar-refractivity contribution >= 4 is 11.0 Å². The molecule has 0 aliphatic heterocycles. The standard InChI is InChI=1S/C26H27NO/c1-16-10-19(12-21(11-16)26(4,5)6)22-13-20-14-23(28-24(20)15-27-22)25-17(2)8-7-9-18(25)3/h7-15H,1-6H3. The van der Waals surface area contributed by atoms with E-state index in [1.165, 1.54) is 27.8 Å². The van der Waals surface area contributed by atoms with Gasteiger partial charge in [0.05, 0.1) is 11.9 Å². The lowest BCUT2D eigenvalue weighted by molar-refractivity contribution is 0.590. The minimum Gasteiger partial charge on any atom is -0.454 e. The molecule has 142 valence electrons. The molecule has 4 rings (SSSR count). The number of benzene rings is 2. The zero-order chi connectivity index (χ0) is 20.1. The number of hydrogen-bond donors (Lipinski definition) is 0. The zero-order valence-electron chi connectivity index (χ0n) is 17.6. The van der Waals surface area contributed by atoms with E-state index >= 15 is 0 Å². The highest BCUT2D eigenvalue weighted by atomic mass is 16.3. The number of aryl methyl sites for hydroxylation is 3. The third-order valence-electron chi connectivity index (χ3n) is 5.37. The summed E-state index contributed by atoms with van der Waals surface area (Å²) in [6.07, 6.45) is 1.85. The van der Waals surface area contributed by atoms with Crippen LogP contribution < -0.4 is 0 Å². The molecule has 2 aromatic heterocycles. The van der Waals surface area contributed by atoms with E-state index in [0.29, 0.717) is 0 Å². The molecule has 0 unspecified atom stereocenters. The Bertz CT molecular complexity index is 1150. The molecule has 0 radical (unpaired) electrons. The minimum absolute atomic E-state index is 0.107. The number of rotatable bonds is 2. The van der Waals surface area contributed by atoms with Gasteiger partial charge in [0.1, 0.15) is 5.76 Å². The van der Waals surface area contributed by atoms with Crippen molar-refractivity contribution in [2.75, 3.05) is 0 Å². The van der Waals surface area contributed by atoms with Crippen molar-refractivity contribution in [3.05, 3.63) is 77.0 Å². The molecular formula is C26H27NO. The van der Waals surface area contributed by atoms with Gasteiger partial charge in [-0.1, -0.05) is 50.6 Å². The molecule has 0 amide bonds. The first kappa shape index (κ1) is 18.5. The number of fused-ring (bicyclic) bond motifs is 1. The summed E-state index contributed by atoms with van der Waals surface area (Å²) in [4.78, 5) is 4.70. The maximum absolute atomic E-state index is 6.15. The molecule has 4 aromatic rings. The quantitative estimate of drug-likeness (QED) is 0.368. The van der Waals surface area contributed by atoms with Gasteiger partial charge < -0.3 is 4.42 Å². The molecule has 0 spiro atoms. The van der Waals surface area contributed by atoms with Crippen LogP contribution in [-0.2, 0) is 5.41 Å². The van der Waals surface area contributed by atoms with Gasteiger partial charge in [0.2, 0.25) is 0 Å². The first-order chi connectivity index (χ1) is 13.2. The summed E-state index contributed by atoms with van der Waals surface area (Å²) < 4.78 is 6.15. The van der Waals surface area contributed by atoms with Crippen LogP contribution in [0.2, 0.25) is 0 Å². The molecule has 2 aromatic carbocycles. The smallest absolute Gasteiger partial charge is 0.153 e. The van der Waals surface area contributed by atoms with Gasteiger partial charge >= 0.3 is 0 Å². The molecule has 0 saturated heterocycles. The summed E-state index contributed by atoms with van der Waals surface area (Å²) in [5.41, 5.74) is 9.27. The van der Waals surface area contributed by atoms with Crippen LogP contribution in [0, 0.1) is 20.8 Å². The molecule has 0 aliphatic carbocycles. The number of hydrogen-bond acceptors (Lipinski definition) is 2. The van der Waals surface area contributed by atoms with E-state index in [0.717, 1.165) is 28.0 Å². The van der Waals surface area contributed by atoms with E-state index in [1.54, 1.807) is 0 Å². The molecule has 0 fully saturated rings. The van der Waals surface area contributed by atoms with E-state index in [4.69, 9.17) is 9.40 Å². The molecule has 2 heteroatoms. The minimum atomic E-state index is 0.107. The largest absolute Gasteiger partial charge is 0.454 e. The summed E-state index contributed by atoms with van der Waals surface area (Å²) in [6, 6.07) is 17.3. The van der Waals surface area contributed by atoms with E-state index in [2.05, 4.69) is 90.1 Å². The summed E-state index contributed by atoms with van der Waals surface area (Å²) in [5, 5.41) is 1.08. The van der Waals surface area contributed by atoms with Gasteiger partial charge in [0, 0.05) is 16.5 Å². The number of furan rings is 1. The van der Waals surface area contributed by atoms with E-state index in [1.807, 2.05) is 6.20 Å². The lowest BCUT2D eigenvalue weighted by Gasteiger charge is -2.20. The zero-order valence-corrected chi connectivity index (χ0v) is 17.6. The molecule has 0 N–H and O–H groups in total. The summed E-state index contributed by atoms with van der Waals surface area (Å²) in [7, 11) is 0. The van der Waals surface area contributed by atoms with Crippen LogP contribution in [0.15, 0.2) is 59.1 Å². The van der Waals surface area contributed by atoms with Crippen molar-refractivity contribution in [3.63, 3.8) is 0 Å². The maximum atomic E-state index is 6.15. The molecular weight excluding hydrogens is 342 g/mol. The predicted octanol–water partition coefficient (Wildman–Crippen LogP) is 7.38. The third-order valence-corrected chi connectivity index (χ3v) is 5.37. The van der Waals surface area contributed by atoms with Crippen molar-refractivity contribution in [2.24, 2.45) is 0 Å². The Kier molecular flexibility index (Phi) is 4.38. The van der Waals surface area contributed by atoms with Crippen molar-refractivity contribution in [1.82, 2.24) is 4.98 Å². The Hall–Kier alpha value is -2.87. The summed E-state index contributed by atoms with van der Waals surface area (Å²) in [6.45, 7) is 13.1. The second-order valence-corrected chi connectivity index (χ2v) is 8.82. The van der Waals surface area contributed by atoms with Gasteiger partial charge in [-0.2, -0.15) is 0 Å². The van der Waals surface area contributed by atoms with Crippen molar-refractivity contribution < 1.29 is 4.42 Å². The molecule has 0 aliphatic rings. The fourth-order valence-corrected chi connectivity index (χ4v) is 3.79. The van der Waals surface area contributed by atoms with Crippen LogP contribution >= 0.6 is 0 Å². The SMILES string of the molecule is Cc1cc(-c2cc3cc(-c4c(C)cccc4C)oc3cn2)cc(C(C)(C)C)c1. The average Bonchev–Trinajstić information content (AvgIpc) is 3.03. The second-order valence-electron chi connectivity index (χ2n) is 8.82. The van der Waals surface area contributed by atoms with Crippen LogP contribution in [0.5, 0.6) is 0 Å². The fraction of sp³-hybridized carbons (Fsp3) is 0.269. The number of aromatic nitrogens is 1. The molecule has 2 nitrogen and oxygen atoms in total. The Balaban J connectivity index is 1.83. The topological polar surface area (TPSA) is 26.0 Å². The monoisotopic (exact) mass is 369 g/mol. The Morgan fingerprint density at radius 2 is 1.57 bits per heavy atom. The predicted molar refractivity (Wildman–Crippen MR) is 118 cm³/mol. The van der Waals surface area contributed by atoms with Crippen molar-refractivity contribution in [2.45, 2.75) is 47.0 Å². The first-order valence-electron chi connectivity index (χ1n) is 9.81. The van der Waals surface area contributed by atoms with Gasteiger partial charge in [-0.3, -0.25) is 4.98 Å². The van der Waals surface area contributed by atoms with Crippen LogP contribution in [0.25, 0.3) is 33.6 Å². The van der Waals surface area contributed by atoms with Crippen LogP contribution in [0.4, 0.5) is 0 Å². The van der Waals surface area contributed by atoms with Gasteiger partial charge in [-0.25, -0.2) is 0 Å². The second kappa shape index (κ2) is 6.63. The summed E-state index contributed by atoms with van der Waals surface area (Å²) >= 11 is 0. The summed E-state index contributed by atoms with van der Waals surface area (Å²) in [5.74, 6) is 0.907. The lowest BCUT2D eigenvalue weighted by atomic mass is 9.85. The van der Waals surface area contributed by atoms with Crippen LogP contribution in [0.3, 0.4) is 0 Å². The van der Waals surface area contributed by atoms with E-state index in [-0.39, 0.29) is 5.41 Å². The highest BCUT2D eigenvalue weighted by Crippen LogP contribution is 2.34. The van der Waals surface area contributed by atoms with Gasteiger partial charge in [-0.05, 0) is 67.1 Å². The molecule has 0 atom stereocenters. The van der Waals surface area contributed by atoms with Gasteiger partial charge in [0.25, 0.3) is 0 Å². The van der Waals surface area contributed by atoms with E-state index < -0.39 is 0 Å². The van der Waals surface area contributed by atoms with Crippen molar-refractivity contribution in [3.8, 4) is 22.6 Å². The lowest BCUT2D eigenvalue weighted by Crippen LogP contribution is -2.11. The van der Waals surface area contributed by atoms with Crippen LogP contribution in [0.1, 0.15) is 43.0 Å². The van der Waals surface area contributed by atoms with Gasteiger partial charge in [-0.15, -0.1) is 0 Å². The maximum Gasteiger partial charge on any atom is 0.153 e. The average molecular weight is 370 g/mol. The van der Waals surface area contributed by atoms with Crippen LogP contribution in [-0.4, -0.2) is 4.98 Å². The number of nitrogens with zero attached hydrogens (tertiary/aromatic N) is 1. The highest BCUT2D eigenvalue weighted by molar-refractivity contribution is 5.86. The normalized spacial score (nSPS) is 11.9. The molecule has 28 heavy (non-hydrogen) atoms. The van der Waals surface area contributed by atoms with E-state index in [9.17, 15) is 0 Å². The fourth-order valence-electron chi connectivity index (χ4n) is 3.79. The Labute approximate surface area is 167 Å². The van der Waals surface area contributed by atoms with Crippen molar-refractivity contribution in [1.29, 1.82) is 0 Å².